The fourth-order valence-electron chi connectivity index (χ4n) is 2.19. The number of anilines is 3. The van der Waals surface area contributed by atoms with Crippen molar-refractivity contribution in [3.05, 3.63) is 34.4 Å². The molecule has 0 radical (unpaired) electrons. The fraction of sp³-hybridized carbons (Fsp3) is 0.471. The Morgan fingerprint density at radius 1 is 1.21 bits per heavy atom. The maximum Gasteiger partial charge on any atom is 0.323 e. The quantitative estimate of drug-likeness (QED) is 0.463. The van der Waals surface area contributed by atoms with E-state index in [4.69, 9.17) is 4.74 Å². The van der Waals surface area contributed by atoms with Crippen LogP contribution in [0.5, 0.6) is 6.01 Å². The second-order valence-electron chi connectivity index (χ2n) is 6.01. The number of hydrogen-bond acceptors (Lipinski definition) is 8. The van der Waals surface area contributed by atoms with E-state index in [1.54, 1.807) is 4.90 Å². The highest BCUT2D eigenvalue weighted by molar-refractivity contribution is 5.56. The lowest BCUT2D eigenvalue weighted by atomic mass is 10.2. The summed E-state index contributed by atoms with van der Waals surface area (Å²) in [5.41, 5.74) is 0.336. The summed E-state index contributed by atoms with van der Waals surface area (Å²) in [5.74, 6) is -3.53. The molecular formula is C17H21F3N6O3. The molecule has 0 aliphatic carbocycles. The number of hydrogen-bond donors (Lipinski definition) is 1. The average molecular weight is 414 g/mol. The van der Waals surface area contributed by atoms with E-state index >= 15 is 0 Å². The highest BCUT2D eigenvalue weighted by atomic mass is 19.3. The number of ether oxygens (including phenoxy) is 1. The molecule has 0 aliphatic rings. The van der Waals surface area contributed by atoms with Crippen molar-refractivity contribution in [2.75, 3.05) is 29.9 Å². The smallest absolute Gasteiger partial charge is 0.323 e. The second-order valence-corrected chi connectivity index (χ2v) is 6.01. The third-order valence-corrected chi connectivity index (χ3v) is 3.96. The molecule has 1 unspecified atom stereocenters. The predicted molar refractivity (Wildman–Crippen MR) is 101 cm³/mol. The van der Waals surface area contributed by atoms with Crippen molar-refractivity contribution in [3.63, 3.8) is 0 Å². The van der Waals surface area contributed by atoms with Crippen LogP contribution in [0.3, 0.4) is 0 Å². The Morgan fingerprint density at radius 2 is 1.83 bits per heavy atom. The van der Waals surface area contributed by atoms with Gasteiger partial charge in [0.15, 0.2) is 12.8 Å². The molecular weight excluding hydrogens is 393 g/mol. The first-order valence-electron chi connectivity index (χ1n) is 8.83. The number of nitro groups is 1. The van der Waals surface area contributed by atoms with Gasteiger partial charge in [0.1, 0.15) is 0 Å². The normalized spacial score (nSPS) is 12.3. The summed E-state index contributed by atoms with van der Waals surface area (Å²) in [6.07, 6.45) is -2.40. The first kappa shape index (κ1) is 22.1. The first-order chi connectivity index (χ1) is 13.7. The summed E-state index contributed by atoms with van der Waals surface area (Å²) in [4.78, 5) is 24.1. The van der Waals surface area contributed by atoms with Gasteiger partial charge in [-0.2, -0.15) is 23.7 Å². The molecule has 29 heavy (non-hydrogen) atoms. The fourth-order valence-corrected chi connectivity index (χ4v) is 2.19. The lowest BCUT2D eigenvalue weighted by Crippen LogP contribution is -2.35. The first-order valence-corrected chi connectivity index (χ1v) is 8.83. The zero-order valence-electron chi connectivity index (χ0n) is 16.1. The molecule has 0 spiro atoms. The highest BCUT2D eigenvalue weighted by Crippen LogP contribution is 2.24. The Bertz CT molecular complexity index is 832. The summed E-state index contributed by atoms with van der Waals surface area (Å²) in [7, 11) is 0. The van der Waals surface area contributed by atoms with Gasteiger partial charge >= 0.3 is 11.9 Å². The van der Waals surface area contributed by atoms with Crippen molar-refractivity contribution in [1.29, 1.82) is 0 Å². The Kier molecular flexibility index (Phi) is 7.13. The van der Waals surface area contributed by atoms with Crippen LogP contribution in [-0.4, -0.2) is 51.7 Å². The number of rotatable bonds is 10. The Hall–Kier alpha value is -3.18. The predicted octanol–water partition coefficient (Wildman–Crippen LogP) is 3.74. The van der Waals surface area contributed by atoms with Gasteiger partial charge in [0.25, 0.3) is 5.69 Å². The number of nitro benzene ring substituents is 1. The number of non-ortho nitro benzene ring substituents is 1. The molecule has 0 fully saturated rings. The van der Waals surface area contributed by atoms with Crippen LogP contribution >= 0.6 is 0 Å². The molecule has 0 amide bonds. The maximum atomic E-state index is 13.5. The Morgan fingerprint density at radius 3 is 2.34 bits per heavy atom. The van der Waals surface area contributed by atoms with Crippen LogP contribution in [-0.2, 0) is 0 Å². The minimum absolute atomic E-state index is 0.0117. The van der Waals surface area contributed by atoms with Crippen LogP contribution < -0.4 is 15.0 Å². The number of aromatic nitrogens is 3. The van der Waals surface area contributed by atoms with Gasteiger partial charge in [-0.05, 0) is 32.9 Å². The van der Waals surface area contributed by atoms with Crippen LogP contribution in [0.15, 0.2) is 24.3 Å². The van der Waals surface area contributed by atoms with E-state index in [2.05, 4.69) is 20.3 Å². The third-order valence-electron chi connectivity index (χ3n) is 3.96. The Balaban J connectivity index is 2.29. The Labute approximate surface area is 165 Å². The van der Waals surface area contributed by atoms with Gasteiger partial charge in [0.2, 0.25) is 11.9 Å². The average Bonchev–Trinajstić information content (AvgIpc) is 2.67. The number of benzene rings is 1. The van der Waals surface area contributed by atoms with E-state index in [-0.39, 0.29) is 17.6 Å². The molecule has 2 aromatic rings. The van der Waals surface area contributed by atoms with Crippen LogP contribution in [0.25, 0.3) is 0 Å². The summed E-state index contributed by atoms with van der Waals surface area (Å²) < 4.78 is 45.0. The molecule has 1 aromatic heterocycles. The number of alkyl halides is 3. The molecule has 158 valence electrons. The summed E-state index contributed by atoms with van der Waals surface area (Å²) in [5, 5.41) is 13.6. The molecule has 1 aromatic carbocycles. The summed E-state index contributed by atoms with van der Waals surface area (Å²) in [6.45, 7) is 4.29. The molecule has 0 bridgehead atoms. The molecule has 9 nitrogen and oxygen atoms in total. The highest BCUT2D eigenvalue weighted by Gasteiger charge is 2.38. The molecule has 2 rings (SSSR count). The number of halogens is 3. The van der Waals surface area contributed by atoms with Crippen LogP contribution in [0.1, 0.15) is 20.8 Å². The zero-order chi connectivity index (χ0) is 21.6. The molecule has 0 saturated carbocycles. The van der Waals surface area contributed by atoms with Gasteiger partial charge in [0.05, 0.1) is 4.92 Å². The summed E-state index contributed by atoms with van der Waals surface area (Å²) >= 11 is 0. The molecule has 0 aliphatic heterocycles. The standard InChI is InChI=1S/C17H21F3N6O3/c1-4-25(5-2)15-22-14(21-12-6-8-13(9-7-12)26(27)28)23-16(24-15)29-10-17(19,20)11(3)18/h6-9,11H,4-5,10H2,1-3H3,(H,21,22,23,24). The monoisotopic (exact) mass is 414 g/mol. The van der Waals surface area contributed by atoms with Crippen LogP contribution in [0.4, 0.5) is 36.4 Å². The van der Waals surface area contributed by atoms with E-state index in [1.807, 2.05) is 13.8 Å². The van der Waals surface area contributed by atoms with Crippen LogP contribution in [0.2, 0.25) is 0 Å². The van der Waals surface area contributed by atoms with Gasteiger partial charge in [-0.1, -0.05) is 0 Å². The molecule has 1 heterocycles. The van der Waals surface area contributed by atoms with Gasteiger partial charge in [-0.3, -0.25) is 10.1 Å². The molecule has 1 atom stereocenters. The largest absolute Gasteiger partial charge is 0.457 e. The van der Waals surface area contributed by atoms with Gasteiger partial charge in [-0.15, -0.1) is 0 Å². The zero-order valence-corrected chi connectivity index (χ0v) is 16.1. The SMILES string of the molecule is CCN(CC)c1nc(Nc2ccc([N+](=O)[O-])cc2)nc(OCC(F)(F)C(C)F)n1. The molecule has 0 saturated heterocycles. The lowest BCUT2D eigenvalue weighted by molar-refractivity contribution is -0.384. The topological polar surface area (TPSA) is 106 Å². The van der Waals surface area contributed by atoms with Crippen LogP contribution in [0, 0.1) is 10.1 Å². The lowest BCUT2D eigenvalue weighted by Gasteiger charge is -2.21. The van der Waals surface area contributed by atoms with Crippen molar-refractivity contribution in [2.24, 2.45) is 0 Å². The number of nitrogens with one attached hydrogen (secondary N) is 1. The summed E-state index contributed by atoms with van der Waals surface area (Å²) in [6, 6.07) is 5.06. The van der Waals surface area contributed by atoms with Gasteiger partial charge in [0, 0.05) is 30.9 Å². The van der Waals surface area contributed by atoms with Gasteiger partial charge in [-0.25, -0.2) is 4.39 Å². The minimum Gasteiger partial charge on any atom is -0.457 e. The van der Waals surface area contributed by atoms with E-state index in [0.717, 1.165) is 6.92 Å². The number of nitrogens with zero attached hydrogens (tertiary/aromatic N) is 5. The third kappa shape index (κ3) is 5.90. The van der Waals surface area contributed by atoms with Crippen molar-refractivity contribution < 1.29 is 22.8 Å². The van der Waals surface area contributed by atoms with Crippen molar-refractivity contribution in [2.45, 2.75) is 32.9 Å². The molecule has 1 N–H and O–H groups in total. The molecule has 12 heteroatoms. The van der Waals surface area contributed by atoms with E-state index < -0.39 is 29.6 Å². The van der Waals surface area contributed by atoms with E-state index in [1.165, 1.54) is 24.3 Å². The van der Waals surface area contributed by atoms with Crippen molar-refractivity contribution in [3.8, 4) is 6.01 Å². The minimum atomic E-state index is -3.70. The van der Waals surface area contributed by atoms with Crippen molar-refractivity contribution in [1.82, 2.24) is 15.0 Å². The van der Waals surface area contributed by atoms with E-state index in [0.29, 0.717) is 18.8 Å². The van der Waals surface area contributed by atoms with E-state index in [9.17, 15) is 23.3 Å². The van der Waals surface area contributed by atoms with Gasteiger partial charge < -0.3 is 15.0 Å². The van der Waals surface area contributed by atoms with Crippen molar-refractivity contribution >= 4 is 23.3 Å². The maximum absolute atomic E-state index is 13.5. The second kappa shape index (κ2) is 9.34.